The summed E-state index contributed by atoms with van der Waals surface area (Å²) in [6, 6.07) is 8.53. The molecule has 3 aliphatic rings. The third-order valence-corrected chi connectivity index (χ3v) is 6.68. The first kappa shape index (κ1) is 18.7. The van der Waals surface area contributed by atoms with E-state index in [4.69, 9.17) is 0 Å². The smallest absolute Gasteiger partial charge is 0.253 e. The molecule has 1 N–H and O–H groups in total. The summed E-state index contributed by atoms with van der Waals surface area (Å²) in [7, 11) is 0. The number of nitrogens with one attached hydrogen (secondary N) is 1. The lowest BCUT2D eigenvalue weighted by Crippen LogP contribution is -2.44. The highest BCUT2D eigenvalue weighted by Crippen LogP contribution is 2.37. The molecule has 2 heterocycles. The first-order chi connectivity index (χ1) is 11.8. The molecule has 1 aliphatic carbocycles. The summed E-state index contributed by atoms with van der Waals surface area (Å²) in [6.45, 7) is 4.14. The van der Waals surface area contributed by atoms with Crippen molar-refractivity contribution in [1.82, 2.24) is 10.2 Å². The van der Waals surface area contributed by atoms with E-state index in [2.05, 4.69) is 34.5 Å². The molecule has 0 unspecified atom stereocenters. The number of halogens is 1. The molecule has 0 aromatic heterocycles. The number of rotatable bonds is 2. The van der Waals surface area contributed by atoms with Crippen LogP contribution >= 0.6 is 12.4 Å². The van der Waals surface area contributed by atoms with Crippen LogP contribution in [0.2, 0.25) is 0 Å². The van der Waals surface area contributed by atoms with Crippen LogP contribution < -0.4 is 5.32 Å². The molecule has 0 radical (unpaired) electrons. The quantitative estimate of drug-likeness (QED) is 0.847. The van der Waals surface area contributed by atoms with Crippen molar-refractivity contribution >= 4 is 18.3 Å². The molecule has 3 fully saturated rings. The standard InChI is InChI=1S/C21H30N2O.ClH/c24-20(23-14-11-21(12-15-23)10-13-22-16-21)19-8-6-18(7-9-19)17-4-2-1-3-5-17;/h6-9,17,22H,1-5,10-16H2;1H. The number of carbonyl (C=O) groups is 1. The third kappa shape index (κ3) is 4.03. The van der Waals surface area contributed by atoms with Crippen molar-refractivity contribution in [3.05, 3.63) is 35.4 Å². The van der Waals surface area contributed by atoms with Gasteiger partial charge in [0.05, 0.1) is 0 Å². The van der Waals surface area contributed by atoms with Crippen LogP contribution in [0.5, 0.6) is 0 Å². The summed E-state index contributed by atoms with van der Waals surface area (Å²) >= 11 is 0. The second kappa shape index (κ2) is 8.09. The number of likely N-dealkylation sites (tertiary alicyclic amines) is 1. The van der Waals surface area contributed by atoms with Gasteiger partial charge in [0.2, 0.25) is 0 Å². The van der Waals surface area contributed by atoms with Gasteiger partial charge in [-0.3, -0.25) is 4.79 Å². The molecule has 1 spiro atoms. The van der Waals surface area contributed by atoms with Crippen LogP contribution in [0, 0.1) is 5.41 Å². The van der Waals surface area contributed by atoms with E-state index < -0.39 is 0 Å². The number of hydrogen-bond donors (Lipinski definition) is 1. The molecule has 2 aliphatic heterocycles. The molecule has 0 bridgehead atoms. The highest BCUT2D eigenvalue weighted by atomic mass is 35.5. The number of carbonyl (C=O) groups excluding carboxylic acids is 1. The van der Waals surface area contributed by atoms with Crippen LogP contribution in [0.4, 0.5) is 0 Å². The SMILES string of the molecule is Cl.O=C(c1ccc(C2CCCCC2)cc1)N1CCC2(CCNC2)CC1. The van der Waals surface area contributed by atoms with Crippen molar-refractivity contribution in [2.75, 3.05) is 26.2 Å². The third-order valence-electron chi connectivity index (χ3n) is 6.68. The molecule has 2 saturated heterocycles. The molecule has 4 rings (SSSR count). The molecule has 0 atom stereocenters. The molecular formula is C21H31ClN2O. The second-order valence-electron chi connectivity index (χ2n) is 8.18. The predicted molar refractivity (Wildman–Crippen MR) is 105 cm³/mol. The molecule has 1 aromatic rings. The zero-order valence-electron chi connectivity index (χ0n) is 15.1. The summed E-state index contributed by atoms with van der Waals surface area (Å²) in [5.41, 5.74) is 2.78. The van der Waals surface area contributed by atoms with E-state index in [0.29, 0.717) is 11.3 Å². The maximum Gasteiger partial charge on any atom is 0.253 e. The summed E-state index contributed by atoms with van der Waals surface area (Å²) in [6.07, 6.45) is 10.3. The molecule has 3 nitrogen and oxygen atoms in total. The molecule has 1 amide bonds. The molecule has 1 aromatic carbocycles. The van der Waals surface area contributed by atoms with Crippen LogP contribution in [0.3, 0.4) is 0 Å². The number of piperidine rings is 1. The Morgan fingerprint density at radius 3 is 2.28 bits per heavy atom. The average molecular weight is 363 g/mol. The topological polar surface area (TPSA) is 32.3 Å². The fourth-order valence-corrected chi connectivity index (χ4v) is 4.92. The Morgan fingerprint density at radius 2 is 1.68 bits per heavy atom. The Hall–Kier alpha value is -1.06. The summed E-state index contributed by atoms with van der Waals surface area (Å²) < 4.78 is 0. The fraction of sp³-hybridized carbons (Fsp3) is 0.667. The van der Waals surface area contributed by atoms with Gasteiger partial charge in [-0.25, -0.2) is 0 Å². The van der Waals surface area contributed by atoms with Gasteiger partial charge < -0.3 is 10.2 Å². The minimum Gasteiger partial charge on any atom is -0.339 e. The first-order valence-electron chi connectivity index (χ1n) is 9.86. The minimum atomic E-state index is 0. The van der Waals surface area contributed by atoms with Gasteiger partial charge in [0.1, 0.15) is 0 Å². The van der Waals surface area contributed by atoms with Gasteiger partial charge in [-0.15, -0.1) is 12.4 Å². The number of hydrogen-bond acceptors (Lipinski definition) is 2. The summed E-state index contributed by atoms with van der Waals surface area (Å²) in [5.74, 6) is 0.943. The van der Waals surface area contributed by atoms with Crippen LogP contribution in [0.1, 0.15) is 73.2 Å². The van der Waals surface area contributed by atoms with E-state index in [1.54, 1.807) is 0 Å². The maximum absolute atomic E-state index is 12.8. The van der Waals surface area contributed by atoms with Crippen LogP contribution in [-0.2, 0) is 0 Å². The largest absolute Gasteiger partial charge is 0.339 e. The van der Waals surface area contributed by atoms with E-state index in [1.807, 2.05) is 0 Å². The monoisotopic (exact) mass is 362 g/mol. The molecule has 4 heteroatoms. The van der Waals surface area contributed by atoms with Crippen LogP contribution in [0.25, 0.3) is 0 Å². The van der Waals surface area contributed by atoms with E-state index in [-0.39, 0.29) is 18.3 Å². The summed E-state index contributed by atoms with van der Waals surface area (Å²) in [5, 5.41) is 3.49. The zero-order chi connectivity index (χ0) is 16.4. The van der Waals surface area contributed by atoms with Gasteiger partial charge in [0.15, 0.2) is 0 Å². The van der Waals surface area contributed by atoms with Crippen LogP contribution in [0.15, 0.2) is 24.3 Å². The van der Waals surface area contributed by atoms with Crippen molar-refractivity contribution in [3.8, 4) is 0 Å². The van der Waals surface area contributed by atoms with Gasteiger partial charge in [0.25, 0.3) is 5.91 Å². The number of nitrogens with zero attached hydrogens (tertiary/aromatic N) is 1. The Morgan fingerprint density at radius 1 is 1.00 bits per heavy atom. The van der Waals surface area contributed by atoms with E-state index >= 15 is 0 Å². The Kier molecular flexibility index (Phi) is 6.06. The molecule has 138 valence electrons. The first-order valence-corrected chi connectivity index (χ1v) is 9.86. The van der Waals surface area contributed by atoms with Crippen molar-refractivity contribution in [2.45, 2.75) is 57.3 Å². The number of benzene rings is 1. The normalized spacial score (nSPS) is 23.4. The average Bonchev–Trinajstić information content (AvgIpc) is 3.11. The lowest BCUT2D eigenvalue weighted by molar-refractivity contribution is 0.0607. The van der Waals surface area contributed by atoms with Crippen molar-refractivity contribution in [1.29, 1.82) is 0 Å². The van der Waals surface area contributed by atoms with Crippen molar-refractivity contribution in [2.24, 2.45) is 5.41 Å². The fourth-order valence-electron chi connectivity index (χ4n) is 4.92. The Bertz CT molecular complexity index is 564. The molecular weight excluding hydrogens is 332 g/mol. The van der Waals surface area contributed by atoms with Crippen LogP contribution in [-0.4, -0.2) is 37.0 Å². The van der Waals surface area contributed by atoms with E-state index in [1.165, 1.54) is 44.1 Å². The minimum absolute atomic E-state index is 0. The highest BCUT2D eigenvalue weighted by molar-refractivity contribution is 5.94. The summed E-state index contributed by atoms with van der Waals surface area (Å²) in [4.78, 5) is 14.9. The molecule has 25 heavy (non-hydrogen) atoms. The van der Waals surface area contributed by atoms with Crippen molar-refractivity contribution in [3.63, 3.8) is 0 Å². The lowest BCUT2D eigenvalue weighted by atomic mass is 9.77. The molecule has 1 saturated carbocycles. The van der Waals surface area contributed by atoms with E-state index in [9.17, 15) is 4.79 Å². The number of amides is 1. The van der Waals surface area contributed by atoms with Gasteiger partial charge in [-0.1, -0.05) is 31.4 Å². The second-order valence-corrected chi connectivity index (χ2v) is 8.18. The van der Waals surface area contributed by atoms with E-state index in [0.717, 1.165) is 44.6 Å². The van der Waals surface area contributed by atoms with Gasteiger partial charge >= 0.3 is 0 Å². The van der Waals surface area contributed by atoms with Gasteiger partial charge in [0, 0.05) is 25.2 Å². The maximum atomic E-state index is 12.8. The predicted octanol–water partition coefficient (Wildman–Crippen LogP) is 4.37. The van der Waals surface area contributed by atoms with Gasteiger partial charge in [-0.2, -0.15) is 0 Å². The zero-order valence-corrected chi connectivity index (χ0v) is 16.0. The Balaban J connectivity index is 0.00000182. The van der Waals surface area contributed by atoms with Crippen molar-refractivity contribution < 1.29 is 4.79 Å². The Labute approximate surface area is 158 Å². The highest BCUT2D eigenvalue weighted by Gasteiger charge is 2.38. The lowest BCUT2D eigenvalue weighted by Gasteiger charge is -2.39. The van der Waals surface area contributed by atoms with Gasteiger partial charge in [-0.05, 0) is 67.7 Å².